The van der Waals surface area contributed by atoms with Gasteiger partial charge in [-0.25, -0.2) is 8.42 Å². The van der Waals surface area contributed by atoms with Crippen molar-refractivity contribution in [3.63, 3.8) is 0 Å². The first-order valence-electron chi connectivity index (χ1n) is 10.1. The molecule has 0 amide bonds. The van der Waals surface area contributed by atoms with Crippen LogP contribution in [0.15, 0.2) is 18.2 Å². The van der Waals surface area contributed by atoms with Crippen LogP contribution in [0.4, 0.5) is 0 Å². The van der Waals surface area contributed by atoms with Gasteiger partial charge in [0, 0.05) is 12.5 Å². The molecule has 2 aliphatic carbocycles. The minimum Gasteiger partial charge on any atom is -0.508 e. The summed E-state index contributed by atoms with van der Waals surface area (Å²) >= 11 is 0. The molecule has 1 aliphatic heterocycles. The fraction of sp³-hybridized carbons (Fsp3) is 0.667. The van der Waals surface area contributed by atoms with Gasteiger partial charge in [0.15, 0.2) is 10.7 Å². The summed E-state index contributed by atoms with van der Waals surface area (Å²) in [5.41, 5.74) is -0.298. The third-order valence-electron chi connectivity index (χ3n) is 7.96. The van der Waals surface area contributed by atoms with Gasteiger partial charge < -0.3 is 10.2 Å². The predicted octanol–water partition coefficient (Wildman–Crippen LogP) is 2.61. The number of hydrogen-bond donors (Lipinski definition) is 3. The van der Waals surface area contributed by atoms with Crippen LogP contribution in [0.5, 0.6) is 11.5 Å². The van der Waals surface area contributed by atoms with Crippen LogP contribution in [-0.2, 0) is 15.5 Å². The zero-order valence-corrected chi connectivity index (χ0v) is 17.3. The summed E-state index contributed by atoms with van der Waals surface area (Å²) < 4.78 is 24.8. The van der Waals surface area contributed by atoms with Gasteiger partial charge in [0.25, 0.3) is 0 Å². The highest BCUT2D eigenvalue weighted by molar-refractivity contribution is 7.73. The highest BCUT2D eigenvalue weighted by Crippen LogP contribution is 2.66. The van der Waals surface area contributed by atoms with Gasteiger partial charge in [0.1, 0.15) is 22.7 Å². The maximum absolute atomic E-state index is 13.0. The number of hydrogen-bond acceptors (Lipinski definition) is 6. The van der Waals surface area contributed by atoms with E-state index in [4.69, 9.17) is 0 Å². The lowest BCUT2D eigenvalue weighted by Gasteiger charge is -2.47. The quantitative estimate of drug-likeness (QED) is 0.664. The number of phenols is 2. The Morgan fingerprint density at radius 3 is 2.32 bits per heavy atom. The third kappa shape index (κ3) is 2.70. The number of aromatic hydroxyl groups is 2. The van der Waals surface area contributed by atoms with Crippen molar-refractivity contribution < 1.29 is 23.4 Å². The number of carbonyl (C=O) groups is 1. The molecule has 0 spiro atoms. The number of thiol groups is 1. The number of likely N-dealkylation sites (tertiary alicyclic amines) is 1. The van der Waals surface area contributed by atoms with E-state index in [-0.39, 0.29) is 34.5 Å². The normalized spacial score (nSPS) is 31.5. The second-order valence-electron chi connectivity index (χ2n) is 9.27. The van der Waals surface area contributed by atoms with Crippen LogP contribution in [0.25, 0.3) is 0 Å². The number of carbonyl (C=O) groups excluding carboxylic acids is 1. The van der Waals surface area contributed by atoms with Crippen molar-refractivity contribution in [2.45, 2.75) is 57.2 Å². The third-order valence-corrected chi connectivity index (χ3v) is 9.12. The van der Waals surface area contributed by atoms with E-state index in [0.29, 0.717) is 38.8 Å². The van der Waals surface area contributed by atoms with Crippen LogP contribution < -0.4 is 0 Å². The molecule has 1 aromatic carbocycles. The van der Waals surface area contributed by atoms with Gasteiger partial charge in [0.05, 0.1) is 5.41 Å². The fourth-order valence-electron chi connectivity index (χ4n) is 6.27. The van der Waals surface area contributed by atoms with Gasteiger partial charge in [-0.1, -0.05) is 19.9 Å². The molecule has 1 heterocycles. The largest absolute Gasteiger partial charge is 0.508 e. The van der Waals surface area contributed by atoms with Crippen molar-refractivity contribution in [1.29, 1.82) is 0 Å². The van der Waals surface area contributed by atoms with Crippen LogP contribution in [0.1, 0.15) is 57.4 Å². The molecule has 0 radical (unpaired) electrons. The molecular weight excluding hydrogens is 378 g/mol. The van der Waals surface area contributed by atoms with Crippen LogP contribution in [0.3, 0.4) is 0 Å². The Bertz CT molecular complexity index is 864. The molecule has 1 saturated heterocycles. The highest BCUT2D eigenvalue weighted by Gasteiger charge is 2.69. The molecule has 154 valence electrons. The first kappa shape index (κ1) is 19.7. The first-order valence-corrected chi connectivity index (χ1v) is 11.4. The van der Waals surface area contributed by atoms with Crippen LogP contribution in [0.2, 0.25) is 0 Å². The highest BCUT2D eigenvalue weighted by atomic mass is 32.2. The Kier molecular flexibility index (Phi) is 4.74. The summed E-state index contributed by atoms with van der Waals surface area (Å²) in [6, 6.07) is 4.65. The van der Waals surface area contributed by atoms with E-state index in [0.717, 1.165) is 12.0 Å². The van der Waals surface area contributed by atoms with Crippen LogP contribution in [-0.4, -0.2) is 47.8 Å². The topological polar surface area (TPSA) is 94.9 Å². The molecule has 4 rings (SSSR count). The van der Waals surface area contributed by atoms with Gasteiger partial charge in [-0.15, -0.1) is 0 Å². The van der Waals surface area contributed by atoms with E-state index in [2.05, 4.69) is 13.8 Å². The molecular formula is C21H29NO5S. The zero-order chi connectivity index (χ0) is 20.3. The van der Waals surface area contributed by atoms with Crippen molar-refractivity contribution in [3.05, 3.63) is 23.8 Å². The van der Waals surface area contributed by atoms with Gasteiger partial charge in [-0.05, 0) is 67.7 Å². The van der Waals surface area contributed by atoms with Gasteiger partial charge >= 0.3 is 0 Å². The molecule has 2 N–H and O–H groups in total. The summed E-state index contributed by atoms with van der Waals surface area (Å²) in [5, 5.41) is 18.9. The SMILES string of the molecule is CC1(C)C2CCC1(C(N1CCC(c3ccc(O)cc3O)CC1)[SH](=O)=O)C(=O)C2. The number of rotatable bonds is 4. The molecule has 2 saturated carbocycles. The second-order valence-corrected chi connectivity index (χ2v) is 10.3. The number of fused-ring (bicyclic) bond motifs is 2. The van der Waals surface area contributed by atoms with E-state index >= 15 is 0 Å². The average molecular weight is 408 g/mol. The molecule has 3 fully saturated rings. The van der Waals surface area contributed by atoms with Crippen molar-refractivity contribution >= 4 is 16.5 Å². The molecule has 3 unspecified atom stereocenters. The summed E-state index contributed by atoms with van der Waals surface area (Å²) in [6.07, 6.45) is 3.52. The number of nitrogens with zero attached hydrogens (tertiary/aromatic N) is 1. The van der Waals surface area contributed by atoms with E-state index < -0.39 is 21.5 Å². The Balaban J connectivity index is 1.58. The fourth-order valence-corrected chi connectivity index (χ4v) is 7.74. The summed E-state index contributed by atoms with van der Waals surface area (Å²) in [5.74, 6) is 0.622. The molecule has 7 heteroatoms. The van der Waals surface area contributed by atoms with Crippen molar-refractivity contribution in [2.75, 3.05) is 13.1 Å². The maximum Gasteiger partial charge on any atom is 0.157 e. The molecule has 1 aromatic rings. The number of Topliss-reactive ketones (excluding diaryl/α,β-unsaturated/α-hetero) is 1. The summed E-state index contributed by atoms with van der Waals surface area (Å²) in [7, 11) is -2.77. The monoisotopic (exact) mass is 407 g/mol. The standard InChI is InChI=1S/C21H29NO5S/c1-20(2)14-5-8-21(20,18(25)11-14)19(28(26)27)22-9-6-13(7-10-22)16-4-3-15(23)12-17(16)24/h3-4,12-14,19,23-24,28H,5-11H2,1-2H3. The lowest BCUT2D eigenvalue weighted by molar-refractivity contribution is -0.132. The molecule has 3 atom stereocenters. The molecule has 0 aromatic heterocycles. The number of benzene rings is 1. The van der Waals surface area contributed by atoms with E-state index in [9.17, 15) is 23.4 Å². The summed E-state index contributed by atoms with van der Waals surface area (Å²) in [4.78, 5) is 15.0. The Labute approximate surface area is 167 Å². The Hall–Kier alpha value is -1.60. The smallest absolute Gasteiger partial charge is 0.157 e. The van der Waals surface area contributed by atoms with Crippen LogP contribution in [0, 0.1) is 16.7 Å². The Morgan fingerprint density at radius 2 is 1.82 bits per heavy atom. The molecule has 28 heavy (non-hydrogen) atoms. The van der Waals surface area contributed by atoms with Gasteiger partial charge in [-0.2, -0.15) is 0 Å². The lowest BCUT2D eigenvalue weighted by Crippen LogP contribution is -2.57. The number of phenolic OH excluding ortho intramolecular Hbond substituents is 2. The minimum atomic E-state index is -2.77. The molecule has 6 nitrogen and oxygen atoms in total. The zero-order valence-electron chi connectivity index (χ0n) is 16.4. The first-order chi connectivity index (χ1) is 13.2. The van der Waals surface area contributed by atoms with E-state index in [1.807, 2.05) is 4.90 Å². The van der Waals surface area contributed by atoms with Crippen molar-refractivity contribution in [3.8, 4) is 11.5 Å². The number of ketones is 1. The minimum absolute atomic E-state index is 0.0268. The van der Waals surface area contributed by atoms with Crippen molar-refractivity contribution in [1.82, 2.24) is 4.90 Å². The second kappa shape index (κ2) is 6.73. The van der Waals surface area contributed by atoms with Gasteiger partial charge in [-0.3, -0.25) is 9.69 Å². The van der Waals surface area contributed by atoms with Crippen LogP contribution >= 0.6 is 0 Å². The van der Waals surface area contributed by atoms with E-state index in [1.165, 1.54) is 6.07 Å². The lowest BCUT2D eigenvalue weighted by atomic mass is 9.68. The van der Waals surface area contributed by atoms with Gasteiger partial charge in [0.2, 0.25) is 0 Å². The predicted molar refractivity (Wildman–Crippen MR) is 106 cm³/mol. The average Bonchev–Trinajstić information content (AvgIpc) is 2.98. The summed E-state index contributed by atoms with van der Waals surface area (Å²) in [6.45, 7) is 5.30. The maximum atomic E-state index is 13.0. The Morgan fingerprint density at radius 1 is 1.14 bits per heavy atom. The van der Waals surface area contributed by atoms with E-state index in [1.54, 1.807) is 12.1 Å². The van der Waals surface area contributed by atoms with Crippen molar-refractivity contribution in [2.24, 2.45) is 16.7 Å². The molecule has 3 aliphatic rings. The molecule has 2 bridgehead atoms. The number of piperidine rings is 1.